The summed E-state index contributed by atoms with van der Waals surface area (Å²) in [5.41, 5.74) is 1.24. The summed E-state index contributed by atoms with van der Waals surface area (Å²) in [6, 6.07) is 7.56. The van der Waals surface area contributed by atoms with Crippen LogP contribution in [0.1, 0.15) is 51.0 Å². The van der Waals surface area contributed by atoms with Gasteiger partial charge in [-0.3, -0.25) is 9.59 Å². The van der Waals surface area contributed by atoms with Crippen LogP contribution in [0.4, 0.5) is 0 Å². The zero-order valence-electron chi connectivity index (χ0n) is 11.9. The Hall–Kier alpha value is -1.84. The first-order valence-electron chi connectivity index (χ1n) is 7.13. The van der Waals surface area contributed by atoms with Crippen LogP contribution in [0.25, 0.3) is 0 Å². The van der Waals surface area contributed by atoms with Crippen LogP contribution in [0, 0.1) is 0 Å². The first-order chi connectivity index (χ1) is 9.61. The lowest BCUT2D eigenvalue weighted by Crippen LogP contribution is -2.08. The number of rotatable bonds is 9. The van der Waals surface area contributed by atoms with Gasteiger partial charge in [0.2, 0.25) is 0 Å². The minimum absolute atomic E-state index is 0.0966. The lowest BCUT2D eigenvalue weighted by molar-refractivity contribution is -0.138. The molecule has 1 aromatic rings. The second kappa shape index (κ2) is 9.13. The van der Waals surface area contributed by atoms with E-state index in [4.69, 9.17) is 9.84 Å². The molecule has 0 aliphatic heterocycles. The van der Waals surface area contributed by atoms with Crippen LogP contribution in [0.3, 0.4) is 0 Å². The van der Waals surface area contributed by atoms with E-state index < -0.39 is 5.97 Å². The summed E-state index contributed by atoms with van der Waals surface area (Å²) in [5.74, 6) is -0.591. The highest BCUT2D eigenvalue weighted by Crippen LogP contribution is 2.15. The number of benzene rings is 1. The number of carboxylic acids is 1. The van der Waals surface area contributed by atoms with Gasteiger partial charge in [-0.15, -0.1) is 0 Å². The lowest BCUT2D eigenvalue weighted by Gasteiger charge is -2.05. The summed E-state index contributed by atoms with van der Waals surface area (Å²) in [7, 11) is 0. The fourth-order valence-corrected chi connectivity index (χ4v) is 1.83. The average molecular weight is 278 g/mol. The van der Waals surface area contributed by atoms with Gasteiger partial charge in [0, 0.05) is 12.8 Å². The van der Waals surface area contributed by atoms with E-state index in [0.717, 1.165) is 19.3 Å². The van der Waals surface area contributed by atoms with Crippen molar-refractivity contribution in [3.8, 4) is 5.75 Å². The van der Waals surface area contributed by atoms with E-state index in [0.29, 0.717) is 18.6 Å². The van der Waals surface area contributed by atoms with Crippen molar-refractivity contribution < 1.29 is 19.4 Å². The Morgan fingerprint density at radius 2 is 1.70 bits per heavy atom. The Morgan fingerprint density at radius 1 is 1.05 bits per heavy atom. The molecule has 0 bridgehead atoms. The molecule has 110 valence electrons. The van der Waals surface area contributed by atoms with Crippen LogP contribution in [-0.4, -0.2) is 17.0 Å². The normalized spacial score (nSPS) is 10.2. The van der Waals surface area contributed by atoms with Crippen molar-refractivity contribution in [2.24, 2.45) is 0 Å². The molecule has 1 rings (SSSR count). The monoisotopic (exact) mass is 278 g/mol. The van der Waals surface area contributed by atoms with Crippen LogP contribution < -0.4 is 4.74 Å². The van der Waals surface area contributed by atoms with Crippen LogP contribution >= 0.6 is 0 Å². The molecule has 0 atom stereocenters. The molecule has 0 fully saturated rings. The third kappa shape index (κ3) is 6.92. The van der Waals surface area contributed by atoms with Gasteiger partial charge in [0.05, 0.1) is 0 Å². The van der Waals surface area contributed by atoms with E-state index in [1.54, 1.807) is 12.1 Å². The predicted octanol–water partition coefficient (Wildman–Crippen LogP) is 3.58. The number of unbranched alkanes of at least 4 members (excludes halogenated alkanes) is 2. The maximum Gasteiger partial charge on any atom is 0.311 e. The van der Waals surface area contributed by atoms with E-state index in [-0.39, 0.29) is 18.8 Å². The van der Waals surface area contributed by atoms with E-state index in [1.807, 2.05) is 12.1 Å². The van der Waals surface area contributed by atoms with Gasteiger partial charge >= 0.3 is 11.9 Å². The predicted molar refractivity (Wildman–Crippen MR) is 76.8 cm³/mol. The van der Waals surface area contributed by atoms with Gasteiger partial charge in [0.25, 0.3) is 0 Å². The fourth-order valence-electron chi connectivity index (χ4n) is 1.83. The molecule has 1 N–H and O–H groups in total. The standard InChI is InChI=1S/C16H22O4/c1-2-3-6-13-9-11-14(12-10-13)20-16(19)8-5-4-7-15(17)18/h9-12H,2-8H2,1H3,(H,17,18). The number of esters is 1. The molecular formula is C16H22O4. The summed E-state index contributed by atoms with van der Waals surface area (Å²) in [6.45, 7) is 2.15. The maximum absolute atomic E-state index is 11.5. The quantitative estimate of drug-likeness (QED) is 0.426. The summed E-state index contributed by atoms with van der Waals surface area (Å²) < 4.78 is 5.19. The Bertz CT molecular complexity index is 423. The highest BCUT2D eigenvalue weighted by Gasteiger charge is 2.06. The van der Waals surface area contributed by atoms with Crippen LogP contribution in [0.15, 0.2) is 24.3 Å². The first kappa shape index (κ1) is 16.2. The molecule has 1 aromatic carbocycles. The van der Waals surface area contributed by atoms with Gasteiger partial charge in [0.15, 0.2) is 0 Å². The summed E-state index contributed by atoms with van der Waals surface area (Å²) in [5, 5.41) is 8.49. The number of aliphatic carboxylic acids is 1. The molecule has 0 radical (unpaired) electrons. The largest absolute Gasteiger partial charge is 0.481 e. The SMILES string of the molecule is CCCCc1ccc(OC(=O)CCCCC(=O)O)cc1. The minimum atomic E-state index is -0.832. The topological polar surface area (TPSA) is 63.6 Å². The zero-order chi connectivity index (χ0) is 14.8. The molecular weight excluding hydrogens is 256 g/mol. The molecule has 4 nitrogen and oxygen atoms in total. The van der Waals surface area contributed by atoms with E-state index in [9.17, 15) is 9.59 Å². The highest BCUT2D eigenvalue weighted by atomic mass is 16.5. The maximum atomic E-state index is 11.5. The van der Waals surface area contributed by atoms with Gasteiger partial charge < -0.3 is 9.84 Å². The molecule has 0 aliphatic carbocycles. The smallest absolute Gasteiger partial charge is 0.311 e. The number of carbonyl (C=O) groups is 2. The fraction of sp³-hybridized carbons (Fsp3) is 0.500. The summed E-state index contributed by atoms with van der Waals surface area (Å²) in [6.07, 6.45) is 4.75. The van der Waals surface area contributed by atoms with Crippen molar-refractivity contribution in [2.45, 2.75) is 51.9 Å². The van der Waals surface area contributed by atoms with Gasteiger partial charge in [-0.25, -0.2) is 0 Å². The van der Waals surface area contributed by atoms with Crippen LogP contribution in [-0.2, 0) is 16.0 Å². The second-order valence-corrected chi connectivity index (χ2v) is 4.82. The van der Waals surface area contributed by atoms with Crippen LogP contribution in [0.5, 0.6) is 5.75 Å². The van der Waals surface area contributed by atoms with E-state index in [2.05, 4.69) is 6.92 Å². The number of hydrogen-bond donors (Lipinski definition) is 1. The van der Waals surface area contributed by atoms with Gasteiger partial charge in [-0.2, -0.15) is 0 Å². The summed E-state index contributed by atoms with van der Waals surface area (Å²) >= 11 is 0. The number of hydrogen-bond acceptors (Lipinski definition) is 3. The molecule has 0 heterocycles. The van der Waals surface area contributed by atoms with Crippen molar-refractivity contribution in [1.29, 1.82) is 0 Å². The molecule has 0 saturated heterocycles. The molecule has 0 unspecified atom stereocenters. The number of ether oxygens (including phenoxy) is 1. The minimum Gasteiger partial charge on any atom is -0.481 e. The average Bonchev–Trinajstić information content (AvgIpc) is 2.43. The number of carboxylic acid groups (broad SMARTS) is 1. The van der Waals surface area contributed by atoms with Crippen molar-refractivity contribution >= 4 is 11.9 Å². The molecule has 0 aromatic heterocycles. The third-order valence-electron chi connectivity index (χ3n) is 3.00. The Labute approximate surface area is 119 Å². The molecule has 0 amide bonds. The second-order valence-electron chi connectivity index (χ2n) is 4.82. The van der Waals surface area contributed by atoms with Crippen LogP contribution in [0.2, 0.25) is 0 Å². The molecule has 0 spiro atoms. The van der Waals surface area contributed by atoms with Gasteiger partial charge in [-0.1, -0.05) is 25.5 Å². The number of aryl methyl sites for hydroxylation is 1. The highest BCUT2D eigenvalue weighted by molar-refractivity contribution is 5.72. The molecule has 0 aliphatic rings. The van der Waals surface area contributed by atoms with Crippen molar-refractivity contribution in [2.75, 3.05) is 0 Å². The molecule has 20 heavy (non-hydrogen) atoms. The van der Waals surface area contributed by atoms with E-state index in [1.165, 1.54) is 5.56 Å². The third-order valence-corrected chi connectivity index (χ3v) is 3.00. The lowest BCUT2D eigenvalue weighted by atomic mass is 10.1. The number of carbonyl (C=O) groups excluding carboxylic acids is 1. The molecule has 4 heteroatoms. The van der Waals surface area contributed by atoms with Crippen molar-refractivity contribution in [1.82, 2.24) is 0 Å². The molecule has 0 saturated carbocycles. The zero-order valence-corrected chi connectivity index (χ0v) is 11.9. The Kier molecular flexibility index (Phi) is 7.40. The first-order valence-corrected chi connectivity index (χ1v) is 7.13. The van der Waals surface area contributed by atoms with Crippen molar-refractivity contribution in [3.63, 3.8) is 0 Å². The van der Waals surface area contributed by atoms with Crippen molar-refractivity contribution in [3.05, 3.63) is 29.8 Å². The van der Waals surface area contributed by atoms with E-state index >= 15 is 0 Å². The summed E-state index contributed by atoms with van der Waals surface area (Å²) in [4.78, 5) is 21.9. The Balaban J connectivity index is 2.29. The Morgan fingerprint density at radius 3 is 2.30 bits per heavy atom. The van der Waals surface area contributed by atoms with Gasteiger partial charge in [0.1, 0.15) is 5.75 Å². The van der Waals surface area contributed by atoms with Gasteiger partial charge in [-0.05, 0) is 43.4 Å².